The number of rotatable bonds is 7. The molecule has 0 heterocycles. The summed E-state index contributed by atoms with van der Waals surface area (Å²) >= 11 is 0. The van der Waals surface area contributed by atoms with Crippen LogP contribution in [0.5, 0.6) is 0 Å². The highest BCUT2D eigenvalue weighted by molar-refractivity contribution is 7.82. The van der Waals surface area contributed by atoms with Gasteiger partial charge in [-0.1, -0.05) is 93.4 Å². The van der Waals surface area contributed by atoms with Gasteiger partial charge in [0.25, 0.3) is 0 Å². The molecular formula is C20H25OP. The van der Waals surface area contributed by atoms with Crippen LogP contribution in [0.4, 0.5) is 0 Å². The van der Waals surface area contributed by atoms with E-state index in [0.717, 1.165) is 41.6 Å². The first kappa shape index (κ1) is 16.8. The minimum absolute atomic E-state index is 0.890. The van der Waals surface area contributed by atoms with Crippen LogP contribution in [0, 0.1) is 0 Å². The maximum Gasteiger partial charge on any atom is 0.166 e. The van der Waals surface area contributed by atoms with Crippen LogP contribution in [0.15, 0.2) is 72.1 Å². The van der Waals surface area contributed by atoms with Gasteiger partial charge in [0.2, 0.25) is 0 Å². The van der Waals surface area contributed by atoms with Crippen LogP contribution in [-0.2, 0) is 4.57 Å². The zero-order valence-electron chi connectivity index (χ0n) is 13.5. The molecule has 1 nitrogen and oxygen atoms in total. The van der Waals surface area contributed by atoms with Crippen LogP contribution in [0.3, 0.4) is 0 Å². The van der Waals surface area contributed by atoms with Crippen LogP contribution in [0.1, 0.15) is 39.5 Å². The van der Waals surface area contributed by atoms with Crippen LogP contribution in [-0.4, -0.2) is 0 Å². The lowest BCUT2D eigenvalue weighted by molar-refractivity contribution is 0.589. The van der Waals surface area contributed by atoms with Gasteiger partial charge in [0, 0.05) is 10.6 Å². The van der Waals surface area contributed by atoms with Gasteiger partial charge >= 0.3 is 0 Å². The number of benzene rings is 2. The maximum atomic E-state index is 14.1. The summed E-state index contributed by atoms with van der Waals surface area (Å²) in [7, 11) is -2.72. The molecule has 0 unspecified atom stereocenters. The summed E-state index contributed by atoms with van der Waals surface area (Å²) in [5.41, 5.74) is 0. The molecule has 22 heavy (non-hydrogen) atoms. The Morgan fingerprint density at radius 2 is 1.36 bits per heavy atom. The third-order valence-electron chi connectivity index (χ3n) is 3.82. The molecular weight excluding hydrogens is 287 g/mol. The lowest BCUT2D eigenvalue weighted by atomic mass is 10.2. The Kier molecular flexibility index (Phi) is 6.21. The molecule has 0 aliphatic heterocycles. The van der Waals surface area contributed by atoms with Crippen molar-refractivity contribution in [2.45, 2.75) is 39.5 Å². The predicted octanol–water partition coefficient (Wildman–Crippen LogP) is 5.48. The zero-order valence-corrected chi connectivity index (χ0v) is 14.4. The molecule has 0 spiro atoms. The molecule has 0 saturated heterocycles. The van der Waals surface area contributed by atoms with Crippen molar-refractivity contribution in [2.24, 2.45) is 0 Å². The first-order valence-corrected chi connectivity index (χ1v) is 9.85. The van der Waals surface area contributed by atoms with Gasteiger partial charge < -0.3 is 4.57 Å². The van der Waals surface area contributed by atoms with E-state index < -0.39 is 7.14 Å². The Hall–Kier alpha value is -1.59. The molecule has 0 aliphatic carbocycles. The SMILES string of the molecule is CCC/C=C(\CCC)P(=O)(c1ccccc1)c1ccccc1. The van der Waals surface area contributed by atoms with Gasteiger partial charge in [-0.05, 0) is 18.2 Å². The third kappa shape index (κ3) is 3.59. The second kappa shape index (κ2) is 8.15. The normalized spacial score (nSPS) is 12.4. The van der Waals surface area contributed by atoms with Gasteiger partial charge in [0.15, 0.2) is 7.14 Å². The smallest absolute Gasteiger partial charge is 0.166 e. The highest BCUT2D eigenvalue weighted by Crippen LogP contribution is 2.53. The number of hydrogen-bond donors (Lipinski definition) is 0. The van der Waals surface area contributed by atoms with E-state index in [2.05, 4.69) is 19.9 Å². The Balaban J connectivity index is 2.62. The lowest BCUT2D eigenvalue weighted by Crippen LogP contribution is -2.17. The molecule has 0 amide bonds. The number of hydrogen-bond acceptors (Lipinski definition) is 1. The quantitative estimate of drug-likeness (QED) is 0.618. The Labute approximate surface area is 134 Å². The van der Waals surface area contributed by atoms with Crippen molar-refractivity contribution in [1.82, 2.24) is 0 Å². The molecule has 0 saturated carbocycles. The Morgan fingerprint density at radius 3 is 1.77 bits per heavy atom. The maximum absolute atomic E-state index is 14.1. The van der Waals surface area contributed by atoms with E-state index in [0.29, 0.717) is 0 Å². The van der Waals surface area contributed by atoms with Gasteiger partial charge in [0.1, 0.15) is 0 Å². The van der Waals surface area contributed by atoms with Crippen LogP contribution in [0.25, 0.3) is 0 Å². The monoisotopic (exact) mass is 312 g/mol. The van der Waals surface area contributed by atoms with E-state index in [-0.39, 0.29) is 0 Å². The third-order valence-corrected chi connectivity index (χ3v) is 7.08. The van der Waals surface area contributed by atoms with Gasteiger partial charge in [0.05, 0.1) is 0 Å². The summed E-state index contributed by atoms with van der Waals surface area (Å²) in [4.78, 5) is 0. The molecule has 0 N–H and O–H groups in total. The topological polar surface area (TPSA) is 17.1 Å². The molecule has 0 radical (unpaired) electrons. The standard InChI is InChI=1S/C20H25OP/c1-3-5-13-18(12-4-2)22(21,19-14-8-6-9-15-19)20-16-10-7-11-17-20/h6-11,13-17H,3-5,12H2,1-2H3/b18-13+. The number of allylic oxidation sites excluding steroid dienone is 2. The van der Waals surface area contributed by atoms with Crippen molar-refractivity contribution in [3.8, 4) is 0 Å². The fourth-order valence-corrected chi connectivity index (χ4v) is 5.78. The molecule has 0 fully saturated rings. The van der Waals surface area contributed by atoms with E-state index >= 15 is 0 Å². The lowest BCUT2D eigenvalue weighted by Gasteiger charge is -2.23. The molecule has 0 aromatic heterocycles. The van der Waals surface area contributed by atoms with E-state index in [9.17, 15) is 4.57 Å². The van der Waals surface area contributed by atoms with E-state index in [4.69, 9.17) is 0 Å². The first-order chi connectivity index (χ1) is 10.7. The Bertz CT molecular complexity index is 600. The van der Waals surface area contributed by atoms with Crippen molar-refractivity contribution >= 4 is 17.8 Å². The zero-order chi connectivity index (χ0) is 15.8. The molecule has 2 aromatic rings. The average Bonchev–Trinajstić information content (AvgIpc) is 2.59. The van der Waals surface area contributed by atoms with Crippen molar-refractivity contribution in [3.05, 3.63) is 72.1 Å². The summed E-state index contributed by atoms with van der Waals surface area (Å²) in [5, 5.41) is 2.99. The molecule has 0 bridgehead atoms. The van der Waals surface area contributed by atoms with Crippen molar-refractivity contribution in [1.29, 1.82) is 0 Å². The first-order valence-electron chi connectivity index (χ1n) is 8.14. The second-order valence-corrected chi connectivity index (χ2v) is 8.34. The fourth-order valence-electron chi connectivity index (χ4n) is 2.71. The predicted molar refractivity (Wildman–Crippen MR) is 97.7 cm³/mol. The van der Waals surface area contributed by atoms with Gasteiger partial charge in [-0.15, -0.1) is 0 Å². The van der Waals surface area contributed by atoms with Gasteiger partial charge in [-0.3, -0.25) is 0 Å². The van der Waals surface area contributed by atoms with E-state index in [1.165, 1.54) is 0 Å². The number of unbranched alkanes of at least 4 members (excludes halogenated alkanes) is 1. The molecule has 116 valence electrons. The second-order valence-electron chi connectivity index (χ2n) is 5.51. The summed E-state index contributed by atoms with van der Waals surface area (Å²) in [6.45, 7) is 4.32. The minimum Gasteiger partial charge on any atom is -0.309 e. The van der Waals surface area contributed by atoms with Crippen LogP contribution in [0.2, 0.25) is 0 Å². The summed E-state index contributed by atoms with van der Waals surface area (Å²) in [6.07, 6.45) is 6.18. The molecule has 2 aromatic carbocycles. The van der Waals surface area contributed by atoms with Gasteiger partial charge in [-0.2, -0.15) is 0 Å². The van der Waals surface area contributed by atoms with Crippen LogP contribution >= 0.6 is 7.14 Å². The highest BCUT2D eigenvalue weighted by atomic mass is 31.2. The molecule has 2 heteroatoms. The average molecular weight is 312 g/mol. The molecule has 2 rings (SSSR count). The van der Waals surface area contributed by atoms with E-state index in [1.807, 2.05) is 60.7 Å². The van der Waals surface area contributed by atoms with Crippen LogP contribution < -0.4 is 10.6 Å². The highest BCUT2D eigenvalue weighted by Gasteiger charge is 2.30. The molecule has 0 aliphatic rings. The largest absolute Gasteiger partial charge is 0.309 e. The summed E-state index contributed by atoms with van der Waals surface area (Å²) in [5.74, 6) is 0. The Morgan fingerprint density at radius 1 is 0.864 bits per heavy atom. The summed E-state index contributed by atoms with van der Waals surface area (Å²) < 4.78 is 14.1. The fraction of sp³-hybridized carbons (Fsp3) is 0.300. The van der Waals surface area contributed by atoms with Gasteiger partial charge in [-0.25, -0.2) is 0 Å². The van der Waals surface area contributed by atoms with E-state index in [1.54, 1.807) is 0 Å². The van der Waals surface area contributed by atoms with Crippen molar-refractivity contribution in [3.63, 3.8) is 0 Å². The van der Waals surface area contributed by atoms with Crippen molar-refractivity contribution in [2.75, 3.05) is 0 Å². The molecule has 0 atom stereocenters. The minimum atomic E-state index is -2.72. The summed E-state index contributed by atoms with van der Waals surface area (Å²) in [6, 6.07) is 19.9. The van der Waals surface area contributed by atoms with Crippen molar-refractivity contribution < 1.29 is 4.57 Å².